The monoisotopic (exact) mass is 300 g/mol. The van der Waals surface area contributed by atoms with Crippen LogP contribution in [0.5, 0.6) is 0 Å². The molecule has 0 radical (unpaired) electrons. The second kappa shape index (κ2) is 6.21. The van der Waals surface area contributed by atoms with Crippen molar-refractivity contribution in [3.63, 3.8) is 0 Å². The fourth-order valence-electron chi connectivity index (χ4n) is 1.14. The third kappa shape index (κ3) is 3.71. The van der Waals surface area contributed by atoms with Gasteiger partial charge in [0.15, 0.2) is 0 Å². The summed E-state index contributed by atoms with van der Waals surface area (Å²) in [6.07, 6.45) is 0. The van der Waals surface area contributed by atoms with Crippen molar-refractivity contribution in [3.05, 3.63) is 29.6 Å². The van der Waals surface area contributed by atoms with Gasteiger partial charge in [-0.3, -0.25) is 4.79 Å². The van der Waals surface area contributed by atoms with Gasteiger partial charge in [-0.2, -0.15) is 5.26 Å². The quantitative estimate of drug-likeness (QED) is 0.683. The van der Waals surface area contributed by atoms with E-state index in [2.05, 4.69) is 26.0 Å². The first-order valence-corrected chi connectivity index (χ1v) is 5.65. The summed E-state index contributed by atoms with van der Waals surface area (Å²) in [5.74, 6) is -0.972. The number of benzene rings is 1. The molecule has 0 heterocycles. The van der Waals surface area contributed by atoms with Crippen LogP contribution >= 0.6 is 15.9 Å². The van der Waals surface area contributed by atoms with Gasteiger partial charge in [0.05, 0.1) is 24.4 Å². The lowest BCUT2D eigenvalue weighted by molar-refractivity contribution is -0.139. The molecule has 1 N–H and O–H groups in total. The zero-order chi connectivity index (χ0) is 12.8. The Morgan fingerprint density at radius 2 is 2.41 bits per heavy atom. The first kappa shape index (κ1) is 13.5. The van der Waals surface area contributed by atoms with Crippen molar-refractivity contribution >= 4 is 27.6 Å². The Kier molecular flexibility index (Phi) is 4.91. The Bertz CT molecular complexity index is 459. The maximum atomic E-state index is 13.4. The number of ether oxygens (including phenoxy) is 1. The number of nitriles is 1. The van der Waals surface area contributed by atoms with E-state index < -0.39 is 16.6 Å². The third-order valence-corrected chi connectivity index (χ3v) is 2.72. The summed E-state index contributed by atoms with van der Waals surface area (Å²) in [5.41, 5.74) is 0.480. The van der Waals surface area contributed by atoms with Gasteiger partial charge >= 0.3 is 5.97 Å². The highest BCUT2D eigenvalue weighted by Gasteiger charge is 2.15. The summed E-state index contributed by atoms with van der Waals surface area (Å²) in [6.45, 7) is 0.190. The Morgan fingerprint density at radius 1 is 1.71 bits per heavy atom. The molecule has 0 fully saturated rings. The van der Waals surface area contributed by atoms with E-state index in [0.717, 1.165) is 6.07 Å². The van der Waals surface area contributed by atoms with Crippen LogP contribution in [0.1, 0.15) is 5.56 Å². The smallest absolute Gasteiger partial charge is 0.321 e. The molecule has 1 aromatic carbocycles. The number of nitrogens with one attached hydrogen (secondary N) is 1. The first-order chi connectivity index (χ1) is 8.08. The van der Waals surface area contributed by atoms with Crippen molar-refractivity contribution in [2.75, 3.05) is 19.0 Å². The Labute approximate surface area is 107 Å². The van der Waals surface area contributed by atoms with Gasteiger partial charge in [-0.15, -0.1) is 0 Å². The number of alkyl halides is 1. The van der Waals surface area contributed by atoms with E-state index in [9.17, 15) is 9.18 Å². The van der Waals surface area contributed by atoms with Crippen molar-refractivity contribution in [2.24, 2.45) is 0 Å². The van der Waals surface area contributed by atoms with Crippen LogP contribution in [-0.4, -0.2) is 24.5 Å². The van der Waals surface area contributed by atoms with Crippen LogP contribution in [0.3, 0.4) is 0 Å². The predicted octanol–water partition coefficient (Wildman–Crippen LogP) is 2.05. The highest BCUT2D eigenvalue weighted by atomic mass is 79.9. The molecule has 90 valence electrons. The van der Waals surface area contributed by atoms with Crippen molar-refractivity contribution in [3.8, 4) is 6.07 Å². The summed E-state index contributed by atoms with van der Waals surface area (Å²) < 4.78 is 17.9. The Balaban J connectivity index is 2.64. The molecular weight excluding hydrogens is 291 g/mol. The number of nitrogens with zero attached hydrogens (tertiary/aromatic N) is 1. The zero-order valence-electron chi connectivity index (χ0n) is 9.04. The van der Waals surface area contributed by atoms with Crippen molar-refractivity contribution in [1.82, 2.24) is 0 Å². The third-order valence-electron chi connectivity index (χ3n) is 2.03. The predicted molar refractivity (Wildman–Crippen MR) is 64.3 cm³/mol. The van der Waals surface area contributed by atoms with E-state index >= 15 is 0 Å². The van der Waals surface area contributed by atoms with Crippen molar-refractivity contribution < 1.29 is 13.9 Å². The van der Waals surface area contributed by atoms with Crippen LogP contribution in [-0.2, 0) is 9.53 Å². The normalized spacial score (nSPS) is 11.4. The van der Waals surface area contributed by atoms with Gasteiger partial charge < -0.3 is 10.1 Å². The molecule has 0 saturated heterocycles. The first-order valence-electron chi connectivity index (χ1n) is 4.74. The molecule has 17 heavy (non-hydrogen) atoms. The van der Waals surface area contributed by atoms with E-state index in [1.54, 1.807) is 0 Å². The van der Waals surface area contributed by atoms with Crippen LogP contribution in [0.15, 0.2) is 18.2 Å². The minimum Gasteiger partial charge on any atom is -0.468 e. The number of hydrogen-bond acceptors (Lipinski definition) is 4. The molecule has 0 spiro atoms. The van der Waals surface area contributed by atoms with E-state index in [-0.39, 0.29) is 17.8 Å². The molecule has 1 aromatic rings. The topological polar surface area (TPSA) is 62.1 Å². The number of carbonyl (C=O) groups is 1. The summed E-state index contributed by atoms with van der Waals surface area (Å²) in [5, 5.41) is 11.3. The van der Waals surface area contributed by atoms with Crippen LogP contribution in [0, 0.1) is 17.1 Å². The molecule has 0 aliphatic rings. The largest absolute Gasteiger partial charge is 0.468 e. The Morgan fingerprint density at radius 3 is 2.94 bits per heavy atom. The SMILES string of the molecule is COC(=O)C(Br)CNc1ccc(C#N)cc1F. The fourth-order valence-corrected chi connectivity index (χ4v) is 1.49. The highest BCUT2D eigenvalue weighted by Crippen LogP contribution is 2.16. The second-order valence-corrected chi connectivity index (χ2v) is 4.28. The molecule has 0 aromatic heterocycles. The van der Waals surface area contributed by atoms with Crippen LogP contribution < -0.4 is 5.32 Å². The minimum atomic E-state index is -0.553. The fraction of sp³-hybridized carbons (Fsp3) is 0.273. The lowest BCUT2D eigenvalue weighted by Gasteiger charge is -2.10. The maximum Gasteiger partial charge on any atom is 0.321 e. The molecule has 1 rings (SSSR count). The number of carbonyl (C=O) groups excluding carboxylic acids is 1. The molecule has 0 aliphatic carbocycles. The lowest BCUT2D eigenvalue weighted by atomic mass is 10.2. The summed E-state index contributed by atoms with van der Waals surface area (Å²) in [6, 6.07) is 5.91. The van der Waals surface area contributed by atoms with E-state index in [0.29, 0.717) is 0 Å². The minimum absolute atomic E-state index is 0.190. The van der Waals surface area contributed by atoms with Crippen LogP contribution in [0.4, 0.5) is 10.1 Å². The molecule has 6 heteroatoms. The number of rotatable bonds is 4. The molecule has 0 saturated carbocycles. The molecule has 1 atom stereocenters. The van der Waals surface area contributed by atoms with Crippen molar-refractivity contribution in [2.45, 2.75) is 4.83 Å². The second-order valence-electron chi connectivity index (χ2n) is 3.18. The molecule has 1 unspecified atom stereocenters. The van der Waals surface area contributed by atoms with E-state index in [4.69, 9.17) is 5.26 Å². The van der Waals surface area contributed by atoms with Gasteiger partial charge in [-0.05, 0) is 18.2 Å². The van der Waals surface area contributed by atoms with Gasteiger partial charge in [0.25, 0.3) is 0 Å². The molecule has 4 nitrogen and oxygen atoms in total. The lowest BCUT2D eigenvalue weighted by Crippen LogP contribution is -2.24. The Hall–Kier alpha value is -1.61. The summed E-state index contributed by atoms with van der Waals surface area (Å²) in [7, 11) is 1.28. The van der Waals surface area contributed by atoms with E-state index in [1.807, 2.05) is 6.07 Å². The molecule has 0 amide bonds. The van der Waals surface area contributed by atoms with Crippen LogP contribution in [0.2, 0.25) is 0 Å². The van der Waals surface area contributed by atoms with Crippen LogP contribution in [0.25, 0.3) is 0 Å². The number of anilines is 1. The van der Waals surface area contributed by atoms with E-state index in [1.165, 1.54) is 19.2 Å². The average molecular weight is 301 g/mol. The number of hydrogen-bond donors (Lipinski definition) is 1. The van der Waals surface area contributed by atoms with Gasteiger partial charge in [0, 0.05) is 6.54 Å². The molecule has 0 aliphatic heterocycles. The summed E-state index contributed by atoms with van der Waals surface area (Å²) in [4.78, 5) is 10.5. The standard InChI is InChI=1S/C11H10BrFN2O2/c1-17-11(16)8(12)6-15-10-3-2-7(5-14)4-9(10)13/h2-4,8,15H,6H2,1H3. The average Bonchev–Trinajstić information content (AvgIpc) is 2.35. The number of esters is 1. The van der Waals surface area contributed by atoms with Crippen molar-refractivity contribution in [1.29, 1.82) is 5.26 Å². The number of halogens is 2. The zero-order valence-corrected chi connectivity index (χ0v) is 10.6. The molecule has 0 bridgehead atoms. The number of methoxy groups -OCH3 is 1. The van der Waals surface area contributed by atoms with Gasteiger partial charge in [-0.25, -0.2) is 4.39 Å². The highest BCUT2D eigenvalue weighted by molar-refractivity contribution is 9.10. The molecular formula is C11H10BrFN2O2. The van der Waals surface area contributed by atoms with Gasteiger partial charge in [0.2, 0.25) is 0 Å². The van der Waals surface area contributed by atoms with Gasteiger partial charge in [-0.1, -0.05) is 15.9 Å². The summed E-state index contributed by atoms with van der Waals surface area (Å²) >= 11 is 3.10. The van der Waals surface area contributed by atoms with Gasteiger partial charge in [0.1, 0.15) is 10.6 Å². The maximum absolute atomic E-state index is 13.4.